The zero-order chi connectivity index (χ0) is 15.8. The van der Waals surface area contributed by atoms with E-state index in [1.165, 1.54) is 13.3 Å². The van der Waals surface area contributed by atoms with Crippen molar-refractivity contribution in [3.8, 4) is 0 Å². The van der Waals surface area contributed by atoms with Gasteiger partial charge in [-0.2, -0.15) is 0 Å². The van der Waals surface area contributed by atoms with Crippen LogP contribution in [0.15, 0.2) is 0 Å². The lowest BCUT2D eigenvalue weighted by Crippen LogP contribution is -2.12. The van der Waals surface area contributed by atoms with Crippen LogP contribution in [-0.2, 0) is 19.1 Å². The van der Waals surface area contributed by atoms with E-state index in [1.807, 2.05) is 13.8 Å². The number of carbonyl (C=O) groups is 2. The molecule has 0 aromatic rings. The standard InChI is InChI=1S/C6H10O.C5H10O3.C4H10O/c7-6-4-2-1-3-5-6;1-4(6)3-8-5(2)7;1-3-5-4-2/h1-5H2;4,6H,3H2,1-2H3;3-4H2,1-2H3. The molecule has 0 amide bonds. The van der Waals surface area contributed by atoms with E-state index in [-0.39, 0.29) is 12.6 Å². The summed E-state index contributed by atoms with van der Waals surface area (Å²) in [7, 11) is 0. The number of ether oxygens (including phenoxy) is 2. The first kappa shape index (κ1) is 21.4. The summed E-state index contributed by atoms with van der Waals surface area (Å²) < 4.78 is 9.25. The fourth-order valence-corrected chi connectivity index (χ4v) is 1.39. The van der Waals surface area contributed by atoms with Crippen molar-refractivity contribution in [2.24, 2.45) is 0 Å². The Labute approximate surface area is 122 Å². The quantitative estimate of drug-likeness (QED) is 0.805. The van der Waals surface area contributed by atoms with Gasteiger partial charge in [0.05, 0.1) is 6.10 Å². The van der Waals surface area contributed by atoms with Crippen LogP contribution in [-0.4, -0.2) is 42.8 Å². The van der Waals surface area contributed by atoms with Gasteiger partial charge in [0.1, 0.15) is 12.4 Å². The number of Topliss-reactive ketones (excluding diaryl/α,β-unsaturated/α-hetero) is 1. The van der Waals surface area contributed by atoms with Gasteiger partial charge < -0.3 is 14.6 Å². The topological polar surface area (TPSA) is 72.8 Å². The van der Waals surface area contributed by atoms with E-state index in [2.05, 4.69) is 4.74 Å². The molecular formula is C15H30O5. The summed E-state index contributed by atoms with van der Waals surface area (Å²) >= 11 is 0. The molecule has 1 unspecified atom stereocenters. The largest absolute Gasteiger partial charge is 0.463 e. The summed E-state index contributed by atoms with van der Waals surface area (Å²) in [6, 6.07) is 0. The molecule has 0 heterocycles. The molecule has 0 aromatic carbocycles. The smallest absolute Gasteiger partial charge is 0.302 e. The molecule has 5 heteroatoms. The molecule has 0 aromatic heterocycles. The van der Waals surface area contributed by atoms with Crippen molar-refractivity contribution in [2.45, 2.75) is 65.9 Å². The second kappa shape index (κ2) is 16.1. The Bertz CT molecular complexity index is 228. The van der Waals surface area contributed by atoms with Gasteiger partial charge in [0.25, 0.3) is 0 Å². The van der Waals surface area contributed by atoms with Gasteiger partial charge in [0.15, 0.2) is 0 Å². The molecule has 120 valence electrons. The molecule has 1 aliphatic carbocycles. The zero-order valence-corrected chi connectivity index (χ0v) is 13.3. The van der Waals surface area contributed by atoms with Crippen LogP contribution in [0.5, 0.6) is 0 Å². The molecule has 20 heavy (non-hydrogen) atoms. The van der Waals surface area contributed by atoms with Gasteiger partial charge in [-0.05, 0) is 33.6 Å². The SMILES string of the molecule is CC(=O)OCC(C)O.CCOCC.O=C1CCCCC1. The molecule has 1 fully saturated rings. The number of rotatable bonds is 4. The Balaban J connectivity index is 0. The van der Waals surface area contributed by atoms with Crippen molar-refractivity contribution in [3.63, 3.8) is 0 Å². The first-order valence-electron chi connectivity index (χ1n) is 7.34. The number of aliphatic hydroxyl groups excluding tert-OH is 1. The highest BCUT2D eigenvalue weighted by molar-refractivity contribution is 5.78. The number of hydrogen-bond donors (Lipinski definition) is 1. The predicted molar refractivity (Wildman–Crippen MR) is 78.6 cm³/mol. The number of hydrogen-bond acceptors (Lipinski definition) is 5. The summed E-state index contributed by atoms with van der Waals surface area (Å²) in [5.74, 6) is 0.108. The van der Waals surface area contributed by atoms with Crippen molar-refractivity contribution < 1.29 is 24.2 Å². The lowest BCUT2D eigenvalue weighted by Gasteiger charge is -2.05. The van der Waals surface area contributed by atoms with Crippen LogP contribution >= 0.6 is 0 Å². The van der Waals surface area contributed by atoms with E-state index in [4.69, 9.17) is 9.84 Å². The lowest BCUT2D eigenvalue weighted by atomic mass is 10.00. The molecular weight excluding hydrogens is 260 g/mol. The Morgan fingerprint density at radius 2 is 1.70 bits per heavy atom. The molecule has 0 saturated heterocycles. The Kier molecular flexibility index (Phi) is 17.2. The summed E-state index contributed by atoms with van der Waals surface area (Å²) in [5, 5.41) is 8.52. The summed E-state index contributed by atoms with van der Waals surface area (Å²) in [4.78, 5) is 20.5. The third-order valence-electron chi connectivity index (χ3n) is 2.35. The van der Waals surface area contributed by atoms with Crippen LogP contribution in [0.1, 0.15) is 59.8 Å². The highest BCUT2D eigenvalue weighted by Crippen LogP contribution is 2.12. The molecule has 0 radical (unpaired) electrons. The van der Waals surface area contributed by atoms with Crippen molar-refractivity contribution in [1.82, 2.24) is 0 Å². The Hall–Kier alpha value is -0.940. The average molecular weight is 290 g/mol. The molecule has 1 atom stereocenters. The van der Waals surface area contributed by atoms with Crippen molar-refractivity contribution >= 4 is 11.8 Å². The predicted octanol–water partition coefficient (Wildman–Crippen LogP) is 2.49. The summed E-state index contributed by atoms with van der Waals surface area (Å²) in [5.41, 5.74) is 0. The highest BCUT2D eigenvalue weighted by atomic mass is 16.5. The molecule has 0 bridgehead atoms. The Morgan fingerprint density at radius 1 is 1.20 bits per heavy atom. The van der Waals surface area contributed by atoms with Crippen LogP contribution < -0.4 is 0 Å². The number of esters is 1. The third-order valence-corrected chi connectivity index (χ3v) is 2.35. The van der Waals surface area contributed by atoms with Gasteiger partial charge in [0.2, 0.25) is 0 Å². The zero-order valence-electron chi connectivity index (χ0n) is 13.3. The Morgan fingerprint density at radius 3 is 1.85 bits per heavy atom. The van der Waals surface area contributed by atoms with E-state index in [9.17, 15) is 9.59 Å². The van der Waals surface area contributed by atoms with E-state index >= 15 is 0 Å². The van der Waals surface area contributed by atoms with Gasteiger partial charge in [-0.3, -0.25) is 9.59 Å². The van der Waals surface area contributed by atoms with E-state index in [0.29, 0.717) is 5.78 Å². The van der Waals surface area contributed by atoms with Crippen LogP contribution in [0.4, 0.5) is 0 Å². The normalized spacial score (nSPS) is 15.2. The second-order valence-corrected chi connectivity index (χ2v) is 4.53. The second-order valence-electron chi connectivity index (χ2n) is 4.53. The highest BCUT2D eigenvalue weighted by Gasteiger charge is 2.05. The average Bonchev–Trinajstić information content (AvgIpc) is 2.40. The summed E-state index contributed by atoms with van der Waals surface area (Å²) in [6.45, 7) is 8.63. The third kappa shape index (κ3) is 22.3. The first-order chi connectivity index (χ1) is 9.43. The number of ketones is 1. The van der Waals surface area contributed by atoms with Crippen LogP contribution in [0.3, 0.4) is 0 Å². The number of carbonyl (C=O) groups excluding carboxylic acids is 2. The van der Waals surface area contributed by atoms with E-state index in [1.54, 1.807) is 6.92 Å². The van der Waals surface area contributed by atoms with Gasteiger partial charge >= 0.3 is 5.97 Å². The monoisotopic (exact) mass is 290 g/mol. The van der Waals surface area contributed by atoms with E-state index < -0.39 is 6.10 Å². The van der Waals surface area contributed by atoms with Crippen LogP contribution in [0.25, 0.3) is 0 Å². The number of aliphatic hydroxyl groups is 1. The molecule has 1 N–H and O–H groups in total. The maximum Gasteiger partial charge on any atom is 0.302 e. The first-order valence-corrected chi connectivity index (χ1v) is 7.34. The van der Waals surface area contributed by atoms with Crippen molar-refractivity contribution in [1.29, 1.82) is 0 Å². The van der Waals surface area contributed by atoms with Gasteiger partial charge in [0, 0.05) is 33.0 Å². The van der Waals surface area contributed by atoms with Gasteiger partial charge in [-0.15, -0.1) is 0 Å². The molecule has 0 spiro atoms. The molecule has 1 saturated carbocycles. The fraction of sp³-hybridized carbons (Fsp3) is 0.867. The summed E-state index contributed by atoms with van der Waals surface area (Å²) in [6.07, 6.45) is 4.68. The van der Waals surface area contributed by atoms with Crippen LogP contribution in [0, 0.1) is 0 Å². The fourth-order valence-electron chi connectivity index (χ4n) is 1.39. The maximum absolute atomic E-state index is 10.5. The van der Waals surface area contributed by atoms with Gasteiger partial charge in [-0.1, -0.05) is 6.42 Å². The minimum Gasteiger partial charge on any atom is -0.463 e. The molecule has 1 rings (SSSR count). The molecule has 1 aliphatic rings. The van der Waals surface area contributed by atoms with E-state index in [0.717, 1.165) is 38.9 Å². The van der Waals surface area contributed by atoms with Crippen molar-refractivity contribution in [3.05, 3.63) is 0 Å². The van der Waals surface area contributed by atoms with Crippen LogP contribution in [0.2, 0.25) is 0 Å². The van der Waals surface area contributed by atoms with Gasteiger partial charge in [-0.25, -0.2) is 0 Å². The lowest BCUT2D eigenvalue weighted by molar-refractivity contribution is -0.143. The molecule has 0 aliphatic heterocycles. The molecule has 5 nitrogen and oxygen atoms in total. The minimum atomic E-state index is -0.557. The van der Waals surface area contributed by atoms with Crippen molar-refractivity contribution in [2.75, 3.05) is 19.8 Å². The minimum absolute atomic E-state index is 0.0926. The maximum atomic E-state index is 10.5.